The second-order valence-corrected chi connectivity index (χ2v) is 9.84. The Kier molecular flexibility index (Phi) is 9.36. The lowest BCUT2D eigenvalue weighted by molar-refractivity contribution is -0.126. The van der Waals surface area contributed by atoms with Gasteiger partial charge in [0, 0.05) is 19.3 Å². The zero-order valence-corrected chi connectivity index (χ0v) is 23.4. The number of aryl methyl sites for hydroxylation is 1. The molecule has 7 nitrogen and oxygen atoms in total. The normalized spacial score (nSPS) is 14.1. The molecule has 0 radical (unpaired) electrons. The number of hydrogen-bond donors (Lipinski definition) is 1. The Labute approximate surface area is 231 Å². The van der Waals surface area contributed by atoms with E-state index in [4.69, 9.17) is 0 Å². The number of aromatic nitrogens is 3. The van der Waals surface area contributed by atoms with E-state index < -0.39 is 6.04 Å². The Morgan fingerprint density at radius 1 is 0.923 bits per heavy atom. The molecule has 3 heterocycles. The van der Waals surface area contributed by atoms with Crippen LogP contribution >= 0.6 is 0 Å². The Morgan fingerprint density at radius 2 is 1.64 bits per heavy atom. The first-order chi connectivity index (χ1) is 19.0. The van der Waals surface area contributed by atoms with Crippen molar-refractivity contribution in [3.8, 4) is 11.5 Å². The van der Waals surface area contributed by atoms with Gasteiger partial charge >= 0.3 is 0 Å². The topological polar surface area (TPSA) is 72.2 Å². The number of carbonyl (C=O) groups is 2. The maximum absolute atomic E-state index is 14.1. The highest BCUT2D eigenvalue weighted by Crippen LogP contribution is 2.35. The molecule has 7 heteroatoms. The number of para-hydroxylation sites is 1. The molecule has 0 fully saturated rings. The van der Waals surface area contributed by atoms with Crippen molar-refractivity contribution in [1.29, 1.82) is 0 Å². The largest absolute Gasteiger partial charge is 0.354 e. The third-order valence-corrected chi connectivity index (χ3v) is 7.02. The number of nitrogens with zero attached hydrogens (tertiary/aromatic N) is 4. The molecule has 2 aromatic heterocycles. The van der Waals surface area contributed by atoms with Gasteiger partial charge in [0.05, 0.1) is 17.6 Å². The van der Waals surface area contributed by atoms with Crippen LogP contribution in [0.15, 0.2) is 79.1 Å². The summed E-state index contributed by atoms with van der Waals surface area (Å²) in [6.45, 7) is 9.36. The van der Waals surface area contributed by atoms with Gasteiger partial charge in [0.2, 0.25) is 5.91 Å². The second kappa shape index (κ2) is 13.1. The van der Waals surface area contributed by atoms with Crippen LogP contribution in [0.25, 0.3) is 11.5 Å². The van der Waals surface area contributed by atoms with Crippen LogP contribution in [0.5, 0.6) is 0 Å². The standard InChI is InChI=1S/C28H29N5O2.C4H10/c1-3-4-16-29-26(34)25-24-15-10-17-31(24)27-23(18-30-33(27)22-13-6-5-7-14-22)28(35)32(25)19-21-12-9-8-11-20(21)2;1-3-4-2/h5-15,17-18,25H,3-4,16,19H2,1-2H3,(H,29,34);3-4H2,1-2H3. The van der Waals surface area contributed by atoms with Crippen LogP contribution in [-0.2, 0) is 11.3 Å². The highest BCUT2D eigenvalue weighted by atomic mass is 16.2. The third-order valence-electron chi connectivity index (χ3n) is 7.02. The monoisotopic (exact) mass is 525 g/mol. The van der Waals surface area contributed by atoms with Crippen molar-refractivity contribution in [2.24, 2.45) is 0 Å². The van der Waals surface area contributed by atoms with Gasteiger partial charge in [-0.25, -0.2) is 4.68 Å². The number of nitrogens with one attached hydrogen (secondary N) is 1. The van der Waals surface area contributed by atoms with Gasteiger partial charge in [-0.3, -0.25) is 9.59 Å². The van der Waals surface area contributed by atoms with Crippen molar-refractivity contribution < 1.29 is 9.59 Å². The molecule has 2 aromatic carbocycles. The molecule has 0 saturated heterocycles. The van der Waals surface area contributed by atoms with Gasteiger partial charge in [0.15, 0.2) is 11.9 Å². The van der Waals surface area contributed by atoms with Crippen LogP contribution in [-0.4, -0.2) is 37.6 Å². The van der Waals surface area contributed by atoms with Crippen molar-refractivity contribution in [2.75, 3.05) is 6.54 Å². The van der Waals surface area contributed by atoms with Gasteiger partial charge in [-0.15, -0.1) is 0 Å². The summed E-state index contributed by atoms with van der Waals surface area (Å²) in [5.41, 5.74) is 4.12. The second-order valence-electron chi connectivity index (χ2n) is 9.84. The van der Waals surface area contributed by atoms with E-state index in [1.165, 1.54) is 12.8 Å². The van der Waals surface area contributed by atoms with E-state index in [0.29, 0.717) is 24.5 Å². The summed E-state index contributed by atoms with van der Waals surface area (Å²) in [7, 11) is 0. The fraction of sp³-hybridized carbons (Fsp3) is 0.344. The fourth-order valence-corrected chi connectivity index (χ4v) is 4.62. The van der Waals surface area contributed by atoms with Gasteiger partial charge in [-0.1, -0.05) is 82.5 Å². The van der Waals surface area contributed by atoms with Crippen LogP contribution in [0.2, 0.25) is 0 Å². The average Bonchev–Trinajstić information content (AvgIpc) is 3.60. The number of unbranched alkanes of at least 4 members (excludes halogenated alkanes) is 2. The molecule has 1 aliphatic heterocycles. The third kappa shape index (κ3) is 5.98. The predicted octanol–water partition coefficient (Wildman–Crippen LogP) is 6.39. The van der Waals surface area contributed by atoms with E-state index in [-0.39, 0.29) is 11.8 Å². The van der Waals surface area contributed by atoms with Gasteiger partial charge in [-0.2, -0.15) is 5.10 Å². The fourth-order valence-electron chi connectivity index (χ4n) is 4.62. The summed E-state index contributed by atoms with van der Waals surface area (Å²) in [5, 5.41) is 7.64. The Morgan fingerprint density at radius 3 is 2.33 bits per heavy atom. The van der Waals surface area contributed by atoms with E-state index in [1.807, 2.05) is 84.4 Å². The molecule has 204 valence electrons. The van der Waals surface area contributed by atoms with E-state index in [1.54, 1.807) is 15.8 Å². The minimum Gasteiger partial charge on any atom is -0.354 e. The number of benzene rings is 2. The first-order valence-corrected chi connectivity index (χ1v) is 14.0. The highest BCUT2D eigenvalue weighted by molar-refractivity contribution is 6.01. The zero-order chi connectivity index (χ0) is 27.8. The maximum atomic E-state index is 14.1. The average molecular weight is 526 g/mol. The predicted molar refractivity (Wildman–Crippen MR) is 155 cm³/mol. The molecule has 5 rings (SSSR count). The van der Waals surface area contributed by atoms with Crippen LogP contribution in [0.4, 0.5) is 0 Å². The van der Waals surface area contributed by atoms with E-state index in [0.717, 1.165) is 35.3 Å². The number of hydrogen-bond acceptors (Lipinski definition) is 3. The molecule has 0 bridgehead atoms. The number of rotatable bonds is 8. The van der Waals surface area contributed by atoms with Gasteiger partial charge in [0.1, 0.15) is 5.56 Å². The minimum atomic E-state index is -0.773. The summed E-state index contributed by atoms with van der Waals surface area (Å²) in [6.07, 6.45) is 8.00. The lowest BCUT2D eigenvalue weighted by Crippen LogP contribution is -2.43. The highest BCUT2D eigenvalue weighted by Gasteiger charge is 2.40. The molecule has 2 amide bonds. The van der Waals surface area contributed by atoms with Gasteiger partial charge in [-0.05, 0) is 48.7 Å². The van der Waals surface area contributed by atoms with Gasteiger partial charge < -0.3 is 14.8 Å². The molecule has 0 saturated carbocycles. The molecular weight excluding hydrogens is 486 g/mol. The van der Waals surface area contributed by atoms with E-state index in [2.05, 4.69) is 31.2 Å². The molecule has 0 spiro atoms. The van der Waals surface area contributed by atoms with Crippen molar-refractivity contribution in [1.82, 2.24) is 24.6 Å². The summed E-state index contributed by atoms with van der Waals surface area (Å²) < 4.78 is 3.69. The summed E-state index contributed by atoms with van der Waals surface area (Å²) in [6, 6.07) is 20.7. The van der Waals surface area contributed by atoms with Crippen molar-refractivity contribution in [3.05, 3.63) is 102 Å². The molecule has 1 aliphatic rings. The molecule has 39 heavy (non-hydrogen) atoms. The molecule has 4 aromatic rings. The molecule has 1 N–H and O–H groups in total. The Hall–Kier alpha value is -4.13. The van der Waals surface area contributed by atoms with Crippen LogP contribution in [0.1, 0.15) is 79.7 Å². The van der Waals surface area contributed by atoms with Crippen molar-refractivity contribution in [3.63, 3.8) is 0 Å². The zero-order valence-electron chi connectivity index (χ0n) is 23.4. The maximum Gasteiger partial charge on any atom is 0.260 e. The van der Waals surface area contributed by atoms with Crippen LogP contribution < -0.4 is 5.32 Å². The number of fused-ring (bicyclic) bond motifs is 3. The minimum absolute atomic E-state index is 0.176. The number of carbonyl (C=O) groups excluding carboxylic acids is 2. The SMILES string of the molecule is CCCC.CCCCNC(=O)C1c2cccn2-c2c(cnn2-c2ccccc2)C(=O)N1Cc1ccccc1C. The van der Waals surface area contributed by atoms with Crippen LogP contribution in [0.3, 0.4) is 0 Å². The molecular formula is C32H39N5O2. The lowest BCUT2D eigenvalue weighted by atomic mass is 10.1. The van der Waals surface area contributed by atoms with Gasteiger partial charge in [0.25, 0.3) is 5.91 Å². The summed E-state index contributed by atoms with van der Waals surface area (Å²) in [5.74, 6) is 0.245. The smallest absolute Gasteiger partial charge is 0.260 e. The van der Waals surface area contributed by atoms with E-state index >= 15 is 0 Å². The van der Waals surface area contributed by atoms with Crippen molar-refractivity contribution >= 4 is 11.8 Å². The summed E-state index contributed by atoms with van der Waals surface area (Å²) >= 11 is 0. The van der Waals surface area contributed by atoms with E-state index in [9.17, 15) is 9.59 Å². The van der Waals surface area contributed by atoms with Crippen LogP contribution in [0, 0.1) is 6.92 Å². The Balaban J connectivity index is 0.000000826. The Bertz CT molecular complexity index is 1390. The lowest BCUT2D eigenvalue weighted by Gasteiger charge is -2.30. The molecule has 0 aliphatic carbocycles. The number of amides is 2. The quantitative estimate of drug-likeness (QED) is 0.271. The first-order valence-electron chi connectivity index (χ1n) is 14.0. The van der Waals surface area contributed by atoms with Crippen molar-refractivity contribution in [2.45, 2.75) is 66.0 Å². The summed E-state index contributed by atoms with van der Waals surface area (Å²) in [4.78, 5) is 29.4. The first kappa shape index (κ1) is 27.9. The molecule has 1 atom stereocenters. The molecule has 1 unspecified atom stereocenters.